The van der Waals surface area contributed by atoms with Crippen LogP contribution in [0.4, 0.5) is 0 Å². The van der Waals surface area contributed by atoms with Crippen LogP contribution in [0.5, 0.6) is 0 Å². The molecule has 0 aliphatic carbocycles. The van der Waals surface area contributed by atoms with Crippen LogP contribution in [0.25, 0.3) is 0 Å². The highest BCUT2D eigenvalue weighted by molar-refractivity contribution is 5.80. The van der Waals surface area contributed by atoms with Crippen LogP contribution < -0.4 is 5.32 Å². The minimum absolute atomic E-state index is 0.122. The molecule has 11 heteroatoms. The largest absolute Gasteiger partial charge is 0.454 e. The summed E-state index contributed by atoms with van der Waals surface area (Å²) in [5.74, 6) is -1.19. The Bertz CT molecular complexity index is 1500. The first kappa shape index (κ1) is 76.6. The van der Waals surface area contributed by atoms with Gasteiger partial charge in [0.2, 0.25) is 5.91 Å². The van der Waals surface area contributed by atoms with Gasteiger partial charge in [0.1, 0.15) is 24.4 Å². The van der Waals surface area contributed by atoms with Gasteiger partial charge in [-0.25, -0.2) is 0 Å². The Morgan fingerprint density at radius 2 is 0.852 bits per heavy atom. The lowest BCUT2D eigenvalue weighted by Gasteiger charge is -2.41. The second kappa shape index (κ2) is 58.0. The van der Waals surface area contributed by atoms with Gasteiger partial charge < -0.3 is 45.1 Å². The summed E-state index contributed by atoms with van der Waals surface area (Å²) in [7, 11) is 0. The second-order valence-electron chi connectivity index (χ2n) is 23.9. The molecule has 1 heterocycles. The van der Waals surface area contributed by atoms with Gasteiger partial charge in [-0.2, -0.15) is 0 Å². The highest BCUT2D eigenvalue weighted by atomic mass is 16.7. The van der Waals surface area contributed by atoms with E-state index >= 15 is 0 Å². The van der Waals surface area contributed by atoms with Crippen LogP contribution in [-0.4, -0.2) is 99.6 Å². The minimum atomic E-state index is -1.61. The van der Waals surface area contributed by atoms with Crippen molar-refractivity contribution in [1.82, 2.24) is 5.32 Å². The molecule has 8 unspecified atom stereocenters. The molecule has 1 saturated heterocycles. The standard InChI is InChI=1S/C70H129NO10/c1-4-7-10-13-16-19-22-24-26-28-30-32-34-36-38-40-43-46-49-52-55-58-65(75)81-68-67(77)66(76)64(59-72)80-70(68)79-60-61(62(73)56-53-50-47-44-41-21-18-15-12-9-6-3)71-69(78)63(74)57-54-51-48-45-42-39-37-35-33-31-29-27-25-23-20-17-14-11-8-5-2/h16,19,24-27,53,56,61-64,66-68,70,72-74,76-77H,4-15,17-18,20-23,28-52,54-55,57-60H2,1-3H3,(H,71,78)/b19-16-,26-24-,27-25+,56-53+. The van der Waals surface area contributed by atoms with E-state index in [1.807, 2.05) is 6.08 Å². The van der Waals surface area contributed by atoms with Crippen LogP contribution in [0.3, 0.4) is 0 Å². The number of nitrogens with one attached hydrogen (secondary N) is 1. The number of hydrogen-bond acceptors (Lipinski definition) is 10. The Morgan fingerprint density at radius 1 is 0.481 bits per heavy atom. The molecule has 0 aromatic heterocycles. The van der Waals surface area contributed by atoms with Crippen molar-refractivity contribution in [3.05, 3.63) is 48.6 Å². The van der Waals surface area contributed by atoms with Crippen molar-refractivity contribution in [3.8, 4) is 0 Å². The number of allylic oxidation sites excluding steroid dienone is 7. The van der Waals surface area contributed by atoms with Crippen molar-refractivity contribution in [2.75, 3.05) is 13.2 Å². The summed E-state index contributed by atoms with van der Waals surface area (Å²) in [6.07, 6.45) is 61.5. The molecule has 0 aromatic carbocycles. The summed E-state index contributed by atoms with van der Waals surface area (Å²) in [5, 5.41) is 57.1. The fraction of sp³-hybridized carbons (Fsp3) is 0.857. The number of unbranched alkanes of at least 4 members (excludes halogenated alkanes) is 39. The summed E-state index contributed by atoms with van der Waals surface area (Å²) >= 11 is 0. The Morgan fingerprint density at radius 3 is 1.30 bits per heavy atom. The van der Waals surface area contributed by atoms with Crippen LogP contribution in [0.2, 0.25) is 0 Å². The normalized spacial score (nSPS) is 18.9. The predicted molar refractivity (Wildman–Crippen MR) is 338 cm³/mol. The lowest BCUT2D eigenvalue weighted by Crippen LogP contribution is -2.61. The molecule has 1 rings (SSSR count). The summed E-state index contributed by atoms with van der Waals surface area (Å²) in [6, 6.07) is -1.02. The van der Waals surface area contributed by atoms with Crippen molar-refractivity contribution in [3.63, 3.8) is 0 Å². The molecule has 1 amide bonds. The number of esters is 1. The predicted octanol–water partition coefficient (Wildman–Crippen LogP) is 17.2. The van der Waals surface area contributed by atoms with Crippen LogP contribution in [0.1, 0.15) is 323 Å². The molecule has 0 spiro atoms. The lowest BCUT2D eigenvalue weighted by molar-refractivity contribution is -0.305. The number of aliphatic hydroxyl groups excluding tert-OH is 5. The molecule has 0 radical (unpaired) electrons. The van der Waals surface area contributed by atoms with Gasteiger partial charge in [0, 0.05) is 6.42 Å². The van der Waals surface area contributed by atoms with E-state index in [0.717, 1.165) is 64.2 Å². The number of rotatable bonds is 59. The number of hydrogen-bond donors (Lipinski definition) is 6. The van der Waals surface area contributed by atoms with Gasteiger partial charge in [0.05, 0.1) is 25.4 Å². The minimum Gasteiger partial charge on any atom is -0.454 e. The van der Waals surface area contributed by atoms with Gasteiger partial charge in [0.15, 0.2) is 12.4 Å². The van der Waals surface area contributed by atoms with E-state index in [4.69, 9.17) is 14.2 Å². The molecule has 8 atom stereocenters. The molecule has 6 N–H and O–H groups in total. The Hall–Kier alpha value is -2.38. The van der Waals surface area contributed by atoms with Gasteiger partial charge in [-0.15, -0.1) is 0 Å². The zero-order chi connectivity index (χ0) is 58.9. The zero-order valence-electron chi connectivity index (χ0n) is 52.7. The van der Waals surface area contributed by atoms with Crippen molar-refractivity contribution < 1.29 is 49.3 Å². The van der Waals surface area contributed by atoms with E-state index in [0.29, 0.717) is 19.3 Å². The van der Waals surface area contributed by atoms with Crippen molar-refractivity contribution in [2.24, 2.45) is 0 Å². The molecule has 1 aliphatic heterocycles. The highest BCUT2D eigenvalue weighted by Crippen LogP contribution is 2.26. The first-order valence-corrected chi connectivity index (χ1v) is 34.4. The van der Waals surface area contributed by atoms with Crippen molar-refractivity contribution in [1.29, 1.82) is 0 Å². The highest BCUT2D eigenvalue weighted by Gasteiger charge is 2.47. The number of ether oxygens (including phenoxy) is 3. The Balaban J connectivity index is 2.58. The summed E-state index contributed by atoms with van der Waals surface area (Å²) in [4.78, 5) is 26.6. The number of carbonyl (C=O) groups excluding carboxylic acids is 2. The molecular weight excluding hydrogens is 1010 g/mol. The van der Waals surface area contributed by atoms with E-state index in [1.54, 1.807) is 6.08 Å². The average Bonchev–Trinajstić information content (AvgIpc) is 3.50. The van der Waals surface area contributed by atoms with Crippen molar-refractivity contribution in [2.45, 2.75) is 372 Å². The number of carbonyl (C=O) groups is 2. The monoisotopic (exact) mass is 1140 g/mol. The van der Waals surface area contributed by atoms with Gasteiger partial charge in [0.25, 0.3) is 0 Å². The maximum Gasteiger partial charge on any atom is 0.306 e. The first-order valence-electron chi connectivity index (χ1n) is 34.4. The van der Waals surface area contributed by atoms with Gasteiger partial charge >= 0.3 is 5.97 Å². The first-order chi connectivity index (χ1) is 39.7. The molecule has 81 heavy (non-hydrogen) atoms. The second-order valence-corrected chi connectivity index (χ2v) is 23.9. The molecule has 0 aromatic rings. The molecular formula is C70H129NO10. The van der Waals surface area contributed by atoms with Gasteiger partial charge in [-0.1, -0.05) is 281 Å². The Labute approximate surface area is 497 Å². The molecule has 1 aliphatic rings. The van der Waals surface area contributed by atoms with Crippen LogP contribution in [-0.2, 0) is 23.8 Å². The van der Waals surface area contributed by atoms with E-state index in [2.05, 4.69) is 62.5 Å². The quantitative estimate of drug-likeness (QED) is 0.0195. The van der Waals surface area contributed by atoms with E-state index in [-0.39, 0.29) is 13.0 Å². The fourth-order valence-corrected chi connectivity index (χ4v) is 10.7. The van der Waals surface area contributed by atoms with E-state index in [1.165, 1.54) is 212 Å². The fourth-order valence-electron chi connectivity index (χ4n) is 10.7. The third kappa shape index (κ3) is 45.6. The smallest absolute Gasteiger partial charge is 0.306 e. The van der Waals surface area contributed by atoms with Gasteiger partial charge in [-0.3, -0.25) is 9.59 Å². The maximum atomic E-state index is 13.5. The third-order valence-electron chi connectivity index (χ3n) is 16.2. The van der Waals surface area contributed by atoms with E-state index < -0.39 is 67.4 Å². The lowest BCUT2D eigenvalue weighted by atomic mass is 9.99. The average molecular weight is 1140 g/mol. The molecule has 11 nitrogen and oxygen atoms in total. The molecule has 0 saturated carbocycles. The van der Waals surface area contributed by atoms with Crippen LogP contribution >= 0.6 is 0 Å². The van der Waals surface area contributed by atoms with Crippen molar-refractivity contribution >= 4 is 11.9 Å². The maximum absolute atomic E-state index is 13.5. The molecule has 0 bridgehead atoms. The van der Waals surface area contributed by atoms with E-state index in [9.17, 15) is 35.1 Å². The topological polar surface area (TPSA) is 175 Å². The Kier molecular flexibility index (Phi) is 54.9. The zero-order valence-corrected chi connectivity index (χ0v) is 52.7. The summed E-state index contributed by atoms with van der Waals surface area (Å²) < 4.78 is 17.7. The van der Waals surface area contributed by atoms with Crippen LogP contribution in [0, 0.1) is 0 Å². The van der Waals surface area contributed by atoms with Crippen LogP contribution in [0.15, 0.2) is 48.6 Å². The summed E-state index contributed by atoms with van der Waals surface area (Å²) in [6.45, 7) is 5.79. The third-order valence-corrected chi connectivity index (χ3v) is 16.2. The molecule has 474 valence electrons. The number of amides is 1. The van der Waals surface area contributed by atoms with Gasteiger partial charge in [-0.05, 0) is 83.5 Å². The number of aliphatic hydroxyl groups is 5. The summed E-state index contributed by atoms with van der Waals surface area (Å²) in [5.41, 5.74) is 0. The SMILES string of the molecule is CCCCC/C=C\C/C=C\CCCCCCCCCCCCCC(=O)OC1C(OCC(NC(=O)C(O)CCCCCCCCCCCC/C=C/CCCCCCCC)C(O)/C=C/CCCCCCCCCCC)OC(CO)C(O)C1O. The molecule has 1 fully saturated rings.